The highest BCUT2D eigenvalue weighted by atomic mass is 35.5. The van der Waals surface area contributed by atoms with Gasteiger partial charge in [-0.15, -0.1) is 0 Å². The van der Waals surface area contributed by atoms with Crippen LogP contribution in [0.3, 0.4) is 0 Å². The Morgan fingerprint density at radius 2 is 1.79 bits per heavy atom. The second-order valence-electron chi connectivity index (χ2n) is 6.24. The summed E-state index contributed by atoms with van der Waals surface area (Å²) in [5, 5.41) is 12.6. The average Bonchev–Trinajstić information content (AvgIpc) is 3.16. The number of nitrogens with one attached hydrogen (secondary N) is 1. The maximum absolute atomic E-state index is 12.8. The SMILES string of the molecule is O=C(CN1N=N[C@@H]2C(=O)N(c3ccc(Cl)cc3)C(=O)[C@@H]21)Nc1cccc(Cl)c1. The van der Waals surface area contributed by atoms with E-state index in [1.165, 1.54) is 5.01 Å². The lowest BCUT2D eigenvalue weighted by Gasteiger charge is -2.20. The molecule has 2 aromatic rings. The number of amides is 3. The van der Waals surface area contributed by atoms with E-state index in [2.05, 4.69) is 15.7 Å². The van der Waals surface area contributed by atoms with Crippen molar-refractivity contribution in [3.05, 3.63) is 58.6 Å². The highest BCUT2D eigenvalue weighted by molar-refractivity contribution is 6.31. The van der Waals surface area contributed by atoms with E-state index in [4.69, 9.17) is 23.2 Å². The van der Waals surface area contributed by atoms with Crippen LogP contribution in [0.4, 0.5) is 11.4 Å². The molecular formula is C18H13Cl2N5O3. The monoisotopic (exact) mass is 417 g/mol. The molecule has 0 spiro atoms. The van der Waals surface area contributed by atoms with E-state index in [9.17, 15) is 14.4 Å². The van der Waals surface area contributed by atoms with Crippen LogP contribution in [-0.4, -0.2) is 41.4 Å². The van der Waals surface area contributed by atoms with Gasteiger partial charge in [-0.25, -0.2) is 4.90 Å². The maximum atomic E-state index is 12.8. The molecule has 28 heavy (non-hydrogen) atoms. The van der Waals surface area contributed by atoms with Crippen molar-refractivity contribution in [2.75, 3.05) is 16.8 Å². The summed E-state index contributed by atoms with van der Waals surface area (Å²) in [7, 11) is 0. The Kier molecular flexibility index (Phi) is 4.74. The minimum Gasteiger partial charge on any atom is -0.324 e. The van der Waals surface area contributed by atoms with Crippen LogP contribution in [-0.2, 0) is 14.4 Å². The van der Waals surface area contributed by atoms with Crippen LogP contribution in [0, 0.1) is 0 Å². The maximum Gasteiger partial charge on any atom is 0.263 e. The number of rotatable bonds is 4. The predicted octanol–water partition coefficient (Wildman–Crippen LogP) is 2.93. The van der Waals surface area contributed by atoms with Crippen LogP contribution in [0.2, 0.25) is 10.0 Å². The number of halogens is 2. The van der Waals surface area contributed by atoms with E-state index in [-0.39, 0.29) is 6.54 Å². The van der Waals surface area contributed by atoms with Gasteiger partial charge in [-0.2, -0.15) is 5.11 Å². The number of benzene rings is 2. The smallest absolute Gasteiger partial charge is 0.263 e. The summed E-state index contributed by atoms with van der Waals surface area (Å²) in [6.07, 6.45) is 0. The quantitative estimate of drug-likeness (QED) is 0.773. The van der Waals surface area contributed by atoms with E-state index >= 15 is 0 Å². The molecule has 0 radical (unpaired) electrons. The molecule has 1 fully saturated rings. The summed E-state index contributed by atoms with van der Waals surface area (Å²) in [4.78, 5) is 38.8. The van der Waals surface area contributed by atoms with Gasteiger partial charge in [0.05, 0.1) is 5.69 Å². The van der Waals surface area contributed by atoms with E-state index in [1.54, 1.807) is 48.5 Å². The van der Waals surface area contributed by atoms with Gasteiger partial charge in [0.2, 0.25) is 5.91 Å². The summed E-state index contributed by atoms with van der Waals surface area (Å²) < 4.78 is 0. The molecular weight excluding hydrogens is 405 g/mol. The lowest BCUT2D eigenvalue weighted by atomic mass is 10.1. The van der Waals surface area contributed by atoms with Gasteiger partial charge < -0.3 is 5.32 Å². The molecule has 2 atom stereocenters. The first-order chi connectivity index (χ1) is 13.4. The standard InChI is InChI=1S/C18H13Cl2N5O3/c19-10-4-6-13(7-5-10)25-17(27)15-16(18(25)28)24(23-22-15)9-14(26)21-12-3-1-2-11(20)8-12/h1-8,15-16H,9H2,(H,21,26)/t15-,16+/m0/s1. The topological polar surface area (TPSA) is 94.4 Å². The molecule has 8 nitrogen and oxygen atoms in total. The second kappa shape index (κ2) is 7.21. The fourth-order valence-corrected chi connectivity index (χ4v) is 3.43. The lowest BCUT2D eigenvalue weighted by molar-refractivity contribution is -0.123. The number of carbonyl (C=O) groups is 3. The minimum atomic E-state index is -0.970. The first kappa shape index (κ1) is 18.4. The molecule has 10 heteroatoms. The number of nitrogens with zero attached hydrogens (tertiary/aromatic N) is 4. The molecule has 2 heterocycles. The molecule has 1 N–H and O–H groups in total. The fraction of sp³-hybridized carbons (Fsp3) is 0.167. The third-order valence-electron chi connectivity index (χ3n) is 4.36. The van der Waals surface area contributed by atoms with Crippen molar-refractivity contribution in [2.24, 2.45) is 10.3 Å². The van der Waals surface area contributed by atoms with E-state index in [0.717, 1.165) is 4.90 Å². The van der Waals surface area contributed by atoms with Gasteiger partial charge in [0, 0.05) is 15.7 Å². The predicted molar refractivity (Wildman–Crippen MR) is 103 cm³/mol. The van der Waals surface area contributed by atoms with Crippen molar-refractivity contribution in [2.45, 2.75) is 12.1 Å². The first-order valence-corrected chi connectivity index (χ1v) is 9.06. The summed E-state index contributed by atoms with van der Waals surface area (Å²) in [6, 6.07) is 11.1. The number of imide groups is 1. The van der Waals surface area contributed by atoms with Crippen molar-refractivity contribution in [1.29, 1.82) is 0 Å². The summed E-state index contributed by atoms with van der Waals surface area (Å²) >= 11 is 11.8. The summed E-state index contributed by atoms with van der Waals surface area (Å²) in [5.41, 5.74) is 0.911. The Morgan fingerprint density at radius 1 is 1.04 bits per heavy atom. The average molecular weight is 418 g/mol. The number of carbonyl (C=O) groups excluding carboxylic acids is 3. The molecule has 2 aliphatic rings. The molecule has 3 amide bonds. The number of fused-ring (bicyclic) bond motifs is 1. The molecule has 0 unspecified atom stereocenters. The van der Waals surface area contributed by atoms with Gasteiger partial charge in [-0.3, -0.25) is 19.4 Å². The van der Waals surface area contributed by atoms with E-state index < -0.39 is 29.8 Å². The van der Waals surface area contributed by atoms with Gasteiger partial charge in [0.1, 0.15) is 6.54 Å². The Labute approximate surface area is 169 Å². The van der Waals surface area contributed by atoms with Gasteiger partial charge in [0.15, 0.2) is 12.1 Å². The van der Waals surface area contributed by atoms with Crippen LogP contribution in [0.5, 0.6) is 0 Å². The van der Waals surface area contributed by atoms with Crippen LogP contribution in [0.1, 0.15) is 0 Å². The fourth-order valence-electron chi connectivity index (χ4n) is 3.11. The van der Waals surface area contributed by atoms with Crippen LogP contribution in [0.15, 0.2) is 58.9 Å². The Bertz CT molecular complexity index is 995. The highest BCUT2D eigenvalue weighted by Crippen LogP contribution is 2.32. The second-order valence-corrected chi connectivity index (χ2v) is 7.11. The molecule has 142 valence electrons. The molecule has 2 aliphatic heterocycles. The van der Waals surface area contributed by atoms with Crippen LogP contribution in [0.25, 0.3) is 0 Å². The summed E-state index contributed by atoms with van der Waals surface area (Å²) in [6.45, 7) is -0.231. The van der Waals surface area contributed by atoms with Gasteiger partial charge in [-0.1, -0.05) is 34.5 Å². The zero-order valence-corrected chi connectivity index (χ0v) is 15.8. The van der Waals surface area contributed by atoms with Gasteiger partial charge in [-0.05, 0) is 42.5 Å². The van der Waals surface area contributed by atoms with Crippen molar-refractivity contribution in [3.63, 3.8) is 0 Å². The molecule has 0 aromatic heterocycles. The largest absolute Gasteiger partial charge is 0.324 e. The third-order valence-corrected chi connectivity index (χ3v) is 4.84. The van der Waals surface area contributed by atoms with Gasteiger partial charge >= 0.3 is 0 Å². The van der Waals surface area contributed by atoms with Crippen LogP contribution >= 0.6 is 23.2 Å². The van der Waals surface area contributed by atoms with E-state index in [1.807, 2.05) is 0 Å². The zero-order valence-electron chi connectivity index (χ0n) is 14.3. The number of hydrogen-bond acceptors (Lipinski definition) is 6. The molecule has 0 aliphatic carbocycles. The van der Waals surface area contributed by atoms with E-state index in [0.29, 0.717) is 21.4 Å². The Morgan fingerprint density at radius 3 is 2.50 bits per heavy atom. The van der Waals surface area contributed by atoms with Crippen molar-refractivity contribution >= 4 is 52.3 Å². The molecule has 2 aromatic carbocycles. The zero-order chi connectivity index (χ0) is 19.8. The normalized spacial score (nSPS) is 20.6. The lowest BCUT2D eigenvalue weighted by Crippen LogP contribution is -2.43. The highest BCUT2D eigenvalue weighted by Gasteiger charge is 2.55. The van der Waals surface area contributed by atoms with Crippen molar-refractivity contribution in [3.8, 4) is 0 Å². The molecule has 0 bridgehead atoms. The third kappa shape index (κ3) is 3.32. The minimum absolute atomic E-state index is 0.231. The Hall–Kier alpha value is -2.97. The van der Waals surface area contributed by atoms with Crippen molar-refractivity contribution in [1.82, 2.24) is 5.01 Å². The van der Waals surface area contributed by atoms with Gasteiger partial charge in [0.25, 0.3) is 11.8 Å². The molecule has 4 rings (SSSR count). The van der Waals surface area contributed by atoms with Crippen molar-refractivity contribution < 1.29 is 14.4 Å². The molecule has 1 saturated heterocycles. The summed E-state index contributed by atoms with van der Waals surface area (Å²) in [5.74, 6) is -1.39. The Balaban J connectivity index is 1.48. The number of anilines is 2. The molecule has 0 saturated carbocycles. The first-order valence-electron chi connectivity index (χ1n) is 8.30. The van der Waals surface area contributed by atoms with Crippen LogP contribution < -0.4 is 10.2 Å². The number of hydrogen-bond donors (Lipinski definition) is 1.